The Morgan fingerprint density at radius 1 is 0.778 bits per heavy atom. The van der Waals surface area contributed by atoms with E-state index in [0.29, 0.717) is 0 Å². The minimum Gasteiger partial charge on any atom is -0.322 e. The van der Waals surface area contributed by atoms with Crippen molar-refractivity contribution in [2.24, 2.45) is 5.73 Å². The molecule has 0 fully saturated rings. The summed E-state index contributed by atoms with van der Waals surface area (Å²) in [7, 11) is 6.44. The Hall–Kier alpha value is 0.580. The van der Waals surface area contributed by atoms with Gasteiger partial charge in [0.1, 0.15) is 5.79 Å². The molecule has 0 aliphatic rings. The van der Waals surface area contributed by atoms with Gasteiger partial charge in [-0.2, -0.15) is 0 Å². The van der Waals surface area contributed by atoms with Gasteiger partial charge in [-0.05, 0) is 54.6 Å². The summed E-state index contributed by atoms with van der Waals surface area (Å²) in [5.41, 5.74) is 6.18. The predicted octanol–water partition coefficient (Wildman–Crippen LogP) is 1.23. The molecule has 0 aromatic rings. The van der Waals surface area contributed by atoms with E-state index in [1.54, 1.807) is 0 Å². The smallest absolute Gasteiger partial charge is 0.148 e. The predicted molar refractivity (Wildman–Crippen MR) is 75.9 cm³/mol. The second-order valence-electron chi connectivity index (χ2n) is 5.40. The number of rotatable bonds is 7. The third-order valence-electron chi connectivity index (χ3n) is 3.88. The molecule has 0 spiro atoms. The summed E-state index contributed by atoms with van der Waals surface area (Å²) < 4.78 is 0. The summed E-state index contributed by atoms with van der Waals surface area (Å²) in [6.07, 6.45) is 0. The van der Waals surface area contributed by atoms with Crippen molar-refractivity contribution in [3.63, 3.8) is 0 Å². The van der Waals surface area contributed by atoms with E-state index in [1.165, 1.54) is 0 Å². The van der Waals surface area contributed by atoms with Crippen LogP contribution in [0.1, 0.15) is 34.6 Å². The van der Waals surface area contributed by atoms with Crippen LogP contribution in [0.15, 0.2) is 0 Å². The number of nitrogens with zero attached hydrogens (tertiary/aromatic N) is 3. The molecule has 0 bridgehead atoms. The van der Waals surface area contributed by atoms with E-state index in [4.69, 9.17) is 5.73 Å². The fourth-order valence-electron chi connectivity index (χ4n) is 3.01. The van der Waals surface area contributed by atoms with E-state index >= 15 is 0 Å². The van der Waals surface area contributed by atoms with Gasteiger partial charge in [-0.1, -0.05) is 20.8 Å². The van der Waals surface area contributed by atoms with Gasteiger partial charge in [0.2, 0.25) is 0 Å². The summed E-state index contributed by atoms with van der Waals surface area (Å²) in [4.78, 5) is 7.00. The van der Waals surface area contributed by atoms with Crippen molar-refractivity contribution in [3.8, 4) is 0 Å². The maximum absolute atomic E-state index is 6.52. The third-order valence-corrected chi connectivity index (χ3v) is 3.88. The van der Waals surface area contributed by atoms with Crippen LogP contribution in [0.5, 0.6) is 0 Å². The molecule has 0 aromatic heterocycles. The Balaban J connectivity index is 0. The maximum atomic E-state index is 6.52. The average Bonchev–Trinajstić information content (AvgIpc) is 2.26. The van der Waals surface area contributed by atoms with Gasteiger partial charge in [-0.25, -0.2) is 0 Å². The molecule has 18 heavy (non-hydrogen) atoms. The number of nitrogens with two attached hydrogens (primary N) is 1. The molecular formula is C13H32N4Ta. The average molecular weight is 425 g/mol. The van der Waals surface area contributed by atoms with Crippen LogP contribution in [0.3, 0.4) is 0 Å². The molecule has 0 rings (SSSR count). The first kappa shape index (κ1) is 20.9. The van der Waals surface area contributed by atoms with Gasteiger partial charge in [0, 0.05) is 22.4 Å². The van der Waals surface area contributed by atoms with Crippen molar-refractivity contribution >= 4 is 0 Å². The molecule has 0 aromatic carbocycles. The summed E-state index contributed by atoms with van der Waals surface area (Å²) in [6.45, 7) is 13.6. The fraction of sp³-hybridized carbons (Fsp3) is 1.00. The molecule has 0 unspecified atom stereocenters. The van der Waals surface area contributed by atoms with Crippen molar-refractivity contribution in [1.82, 2.24) is 14.7 Å². The summed E-state index contributed by atoms with van der Waals surface area (Å²) >= 11 is 0. The topological polar surface area (TPSA) is 35.7 Å². The quantitative estimate of drug-likeness (QED) is 0.623. The van der Waals surface area contributed by atoms with Gasteiger partial charge in [-0.3, -0.25) is 14.7 Å². The number of hydrogen-bond acceptors (Lipinski definition) is 4. The third kappa shape index (κ3) is 3.57. The van der Waals surface area contributed by atoms with Crippen LogP contribution >= 0.6 is 0 Å². The van der Waals surface area contributed by atoms with Gasteiger partial charge >= 0.3 is 0 Å². The molecule has 2 N–H and O–H groups in total. The zero-order chi connectivity index (χ0) is 13.9. The molecule has 0 saturated carbocycles. The Morgan fingerprint density at radius 3 is 1.11 bits per heavy atom. The van der Waals surface area contributed by atoms with Crippen LogP contribution in [0.25, 0.3) is 0 Å². The number of hydrogen-bond donors (Lipinski definition) is 1. The van der Waals surface area contributed by atoms with Crippen molar-refractivity contribution in [2.45, 2.75) is 45.9 Å². The van der Waals surface area contributed by atoms with Crippen molar-refractivity contribution in [1.29, 1.82) is 0 Å². The van der Waals surface area contributed by atoms with Crippen molar-refractivity contribution < 1.29 is 22.4 Å². The summed E-state index contributed by atoms with van der Waals surface area (Å²) in [5, 5.41) is 0. The number of likely N-dealkylation sites (N-methyl/N-ethyl adjacent to an activating group) is 3. The van der Waals surface area contributed by atoms with E-state index in [9.17, 15) is 0 Å². The van der Waals surface area contributed by atoms with Crippen LogP contribution in [-0.2, 0) is 22.4 Å². The zero-order valence-electron chi connectivity index (χ0n) is 13.5. The normalized spacial score (nSPS) is 13.3. The molecule has 0 aliphatic heterocycles. The molecule has 0 amide bonds. The largest absolute Gasteiger partial charge is 0.322 e. The molecule has 1 radical (unpaired) electrons. The Labute approximate surface area is 129 Å². The monoisotopic (exact) mass is 425 g/mol. The molecule has 0 heterocycles. The van der Waals surface area contributed by atoms with Crippen LogP contribution < -0.4 is 5.73 Å². The van der Waals surface area contributed by atoms with Gasteiger partial charge < -0.3 is 5.73 Å². The molecule has 5 heteroatoms. The molecule has 4 nitrogen and oxygen atoms in total. The van der Waals surface area contributed by atoms with Crippen molar-refractivity contribution in [2.75, 3.05) is 40.8 Å². The van der Waals surface area contributed by atoms with Gasteiger partial charge in [-0.15, -0.1) is 0 Å². The fourth-order valence-corrected chi connectivity index (χ4v) is 3.01. The Kier molecular flexibility index (Phi) is 9.28. The SMILES string of the molecule is CCN(C)C(N(C)CC)(N(C)CC)C(C)(C)N.[Ta]. The molecule has 0 atom stereocenters. The molecular weight excluding hydrogens is 393 g/mol. The van der Waals surface area contributed by atoms with Gasteiger partial charge in [0.15, 0.2) is 0 Å². The van der Waals surface area contributed by atoms with E-state index < -0.39 is 0 Å². The second-order valence-corrected chi connectivity index (χ2v) is 5.40. The Bertz CT molecular complexity index is 201. The summed E-state index contributed by atoms with van der Waals surface area (Å²) in [5.74, 6) is -0.259. The standard InChI is InChI=1S/C13H32N4.Ta/c1-9-15(6)13(12(4,5)14,16(7)10-2)17(8)11-3;/h9-11,14H2,1-8H3;. The molecule has 109 valence electrons. The summed E-state index contributed by atoms with van der Waals surface area (Å²) in [6, 6.07) is 0. The minimum absolute atomic E-state index is 0. The zero-order valence-corrected chi connectivity index (χ0v) is 16.7. The van der Waals surface area contributed by atoms with Crippen LogP contribution in [0.2, 0.25) is 0 Å². The van der Waals surface area contributed by atoms with E-state index in [-0.39, 0.29) is 33.7 Å². The van der Waals surface area contributed by atoms with Gasteiger partial charge in [0.25, 0.3) is 0 Å². The van der Waals surface area contributed by atoms with E-state index in [0.717, 1.165) is 19.6 Å². The molecule has 0 aliphatic carbocycles. The van der Waals surface area contributed by atoms with Crippen LogP contribution in [0.4, 0.5) is 0 Å². The maximum Gasteiger partial charge on any atom is 0.148 e. The van der Waals surface area contributed by atoms with Crippen molar-refractivity contribution in [3.05, 3.63) is 0 Å². The first-order valence-electron chi connectivity index (χ1n) is 6.62. The molecule has 0 saturated heterocycles. The Morgan fingerprint density at radius 2 is 1.00 bits per heavy atom. The van der Waals surface area contributed by atoms with Crippen LogP contribution in [0, 0.1) is 0 Å². The van der Waals surface area contributed by atoms with Crippen LogP contribution in [-0.4, -0.2) is 66.8 Å². The van der Waals surface area contributed by atoms with Gasteiger partial charge in [0.05, 0.1) is 5.54 Å². The van der Waals surface area contributed by atoms with E-state index in [2.05, 4.69) is 70.5 Å². The first-order valence-corrected chi connectivity index (χ1v) is 6.62. The van der Waals surface area contributed by atoms with E-state index in [1.807, 2.05) is 0 Å². The second kappa shape index (κ2) is 8.00. The minimum atomic E-state index is -0.340. The first-order chi connectivity index (χ1) is 7.69.